The SMILES string of the molecule is CC1(C)C(c2ccccc2)=Cc2nc(-n3c4ccc(-c5ccc6c(c5)c5c7ccccc7ccc5n6C(N)=Nc5c(Nc6ccccc6)ccc6ccccc56)cc4c4c5ccccc5ccc43)nc(-c3ccccc3)c21. The van der Waals surface area contributed by atoms with Gasteiger partial charge in [0.25, 0.3) is 0 Å². The largest absolute Gasteiger partial charge is 0.369 e. The van der Waals surface area contributed by atoms with Crippen molar-refractivity contribution >= 4 is 111 Å². The van der Waals surface area contributed by atoms with Crippen molar-refractivity contribution < 1.29 is 0 Å². The Labute approximate surface area is 444 Å². The van der Waals surface area contributed by atoms with Crippen molar-refractivity contribution in [3.05, 3.63) is 253 Å². The van der Waals surface area contributed by atoms with E-state index in [-0.39, 0.29) is 5.41 Å². The summed E-state index contributed by atoms with van der Waals surface area (Å²) in [6.07, 6.45) is 2.28. The number of nitrogens with zero attached hydrogens (tertiary/aromatic N) is 5. The van der Waals surface area contributed by atoms with Gasteiger partial charge in [-0.15, -0.1) is 0 Å². The summed E-state index contributed by atoms with van der Waals surface area (Å²) >= 11 is 0. The van der Waals surface area contributed by atoms with E-state index in [1.165, 1.54) is 21.9 Å². The van der Waals surface area contributed by atoms with Crippen LogP contribution in [-0.2, 0) is 5.41 Å². The molecule has 0 fully saturated rings. The maximum atomic E-state index is 7.35. The lowest BCUT2D eigenvalue weighted by Gasteiger charge is -2.27. The molecular formula is C70H49N7. The molecule has 0 bridgehead atoms. The smallest absolute Gasteiger partial charge is 0.235 e. The minimum atomic E-state index is -0.342. The third-order valence-electron chi connectivity index (χ3n) is 15.9. The summed E-state index contributed by atoms with van der Waals surface area (Å²) < 4.78 is 4.40. The first-order chi connectivity index (χ1) is 37.9. The fraction of sp³-hybridized carbons (Fsp3) is 0.0429. The number of benzene rings is 11. The summed E-state index contributed by atoms with van der Waals surface area (Å²) in [6.45, 7) is 4.60. The van der Waals surface area contributed by atoms with E-state index in [4.69, 9.17) is 20.7 Å². The Balaban J connectivity index is 0.936. The number of aromatic nitrogens is 4. The third-order valence-corrected chi connectivity index (χ3v) is 15.9. The molecule has 3 N–H and O–H groups in total. The van der Waals surface area contributed by atoms with Crippen molar-refractivity contribution in [3.63, 3.8) is 0 Å². The number of nitrogens with two attached hydrogens (primary N) is 1. The number of nitrogens with one attached hydrogen (secondary N) is 1. The van der Waals surface area contributed by atoms with E-state index in [0.717, 1.165) is 116 Å². The number of aliphatic imine (C=N–C) groups is 1. The first kappa shape index (κ1) is 44.4. The van der Waals surface area contributed by atoms with Crippen molar-refractivity contribution in [3.8, 4) is 28.3 Å². The number of anilines is 2. The molecule has 1 aliphatic rings. The number of hydrogen-bond acceptors (Lipinski definition) is 4. The Morgan fingerprint density at radius 3 is 1.66 bits per heavy atom. The van der Waals surface area contributed by atoms with E-state index in [1.54, 1.807) is 0 Å². The van der Waals surface area contributed by atoms with Crippen LogP contribution in [0, 0.1) is 0 Å². The van der Waals surface area contributed by atoms with E-state index in [0.29, 0.717) is 11.9 Å². The van der Waals surface area contributed by atoms with Crippen LogP contribution >= 0.6 is 0 Å². The van der Waals surface area contributed by atoms with E-state index < -0.39 is 0 Å². The summed E-state index contributed by atoms with van der Waals surface area (Å²) in [6, 6.07) is 83.8. The fourth-order valence-corrected chi connectivity index (χ4v) is 12.3. The molecular weight excluding hydrogens is 939 g/mol. The normalized spacial score (nSPS) is 13.4. The Morgan fingerprint density at radius 2 is 0.987 bits per heavy atom. The highest BCUT2D eigenvalue weighted by Gasteiger charge is 2.39. The molecule has 11 aromatic carbocycles. The number of rotatable bonds is 7. The van der Waals surface area contributed by atoms with Gasteiger partial charge in [0.2, 0.25) is 11.9 Å². The Morgan fingerprint density at radius 1 is 0.468 bits per heavy atom. The van der Waals surface area contributed by atoms with Crippen LogP contribution in [0.2, 0.25) is 0 Å². The van der Waals surface area contributed by atoms with Crippen molar-refractivity contribution in [1.82, 2.24) is 19.1 Å². The van der Waals surface area contributed by atoms with Gasteiger partial charge in [0, 0.05) is 49.2 Å². The van der Waals surface area contributed by atoms with Crippen molar-refractivity contribution in [2.75, 3.05) is 5.32 Å². The van der Waals surface area contributed by atoms with E-state index in [9.17, 15) is 0 Å². The number of fused-ring (bicyclic) bond motifs is 12. The third kappa shape index (κ3) is 7.01. The molecule has 15 rings (SSSR count). The zero-order valence-corrected chi connectivity index (χ0v) is 42.4. The zero-order chi connectivity index (χ0) is 51.4. The molecule has 0 saturated carbocycles. The second-order valence-electron chi connectivity index (χ2n) is 20.7. The molecule has 0 saturated heterocycles. The van der Waals surface area contributed by atoms with Gasteiger partial charge in [0.1, 0.15) is 0 Å². The molecule has 3 aromatic heterocycles. The second-order valence-corrected chi connectivity index (χ2v) is 20.7. The standard InChI is InChI=1S/C70H49N7/c1-70(2)56(46-21-6-3-7-22-46)42-58-65(70)66(47-23-8-4-9-24-47)75-69(73-58)77-60-37-34-49(41-55(60)64-52-28-16-13-19-44(52)32-39-62(64)77)48-33-36-59-54(40-48)63-51-27-15-12-18-43(51)31-38-61(63)76(59)68(71)74-67-53-29-17-14-20-45(53)30-35-57(67)72-50-25-10-5-11-26-50/h3-42,72H,1-2H3,(H2,71,74). The lowest BCUT2D eigenvalue weighted by atomic mass is 9.77. The number of allylic oxidation sites excluding steroid dienone is 1. The summed E-state index contributed by atoms with van der Waals surface area (Å²) in [7, 11) is 0. The van der Waals surface area contributed by atoms with Gasteiger partial charge in [-0.2, -0.15) is 0 Å². The maximum Gasteiger partial charge on any atom is 0.235 e. The number of para-hydroxylation sites is 1. The van der Waals surface area contributed by atoms with Crippen LogP contribution in [0.15, 0.2) is 242 Å². The average Bonchev–Trinajstić information content (AvgIpc) is 4.18. The molecule has 14 aromatic rings. The van der Waals surface area contributed by atoms with Gasteiger partial charge in [0.15, 0.2) is 0 Å². The molecule has 77 heavy (non-hydrogen) atoms. The highest BCUT2D eigenvalue weighted by molar-refractivity contribution is 6.25. The predicted octanol–water partition coefficient (Wildman–Crippen LogP) is 17.5. The Hall–Kier alpha value is -10.1. The van der Waals surface area contributed by atoms with Crippen molar-refractivity contribution in [1.29, 1.82) is 0 Å². The first-order valence-corrected chi connectivity index (χ1v) is 26.2. The minimum Gasteiger partial charge on any atom is -0.369 e. The lowest BCUT2D eigenvalue weighted by Crippen LogP contribution is -2.21. The van der Waals surface area contributed by atoms with Gasteiger partial charge in [-0.25, -0.2) is 15.0 Å². The average molecular weight is 988 g/mol. The van der Waals surface area contributed by atoms with E-state index in [1.807, 2.05) is 18.2 Å². The maximum absolute atomic E-state index is 7.35. The summed E-state index contributed by atoms with van der Waals surface area (Å²) in [5.41, 5.74) is 22.3. The van der Waals surface area contributed by atoms with Crippen LogP contribution in [0.5, 0.6) is 0 Å². The zero-order valence-electron chi connectivity index (χ0n) is 42.4. The summed E-state index contributed by atoms with van der Waals surface area (Å²) in [5.74, 6) is 1.01. The van der Waals surface area contributed by atoms with Gasteiger partial charge in [0.05, 0.1) is 44.8 Å². The molecule has 0 radical (unpaired) electrons. The van der Waals surface area contributed by atoms with Crippen LogP contribution in [0.4, 0.5) is 17.1 Å². The van der Waals surface area contributed by atoms with Crippen LogP contribution < -0.4 is 11.1 Å². The molecule has 0 aliphatic heterocycles. The highest BCUT2D eigenvalue weighted by atomic mass is 15.2. The highest BCUT2D eigenvalue weighted by Crippen LogP contribution is 2.50. The molecule has 0 spiro atoms. The van der Waals surface area contributed by atoms with Crippen LogP contribution in [-0.4, -0.2) is 25.1 Å². The van der Waals surface area contributed by atoms with Gasteiger partial charge >= 0.3 is 0 Å². The molecule has 364 valence electrons. The van der Waals surface area contributed by atoms with Crippen LogP contribution in [0.25, 0.3) is 116 Å². The topological polar surface area (TPSA) is 86.0 Å². The quantitative estimate of drug-likeness (QED) is 0.123. The predicted molar refractivity (Wildman–Crippen MR) is 323 cm³/mol. The van der Waals surface area contributed by atoms with Gasteiger partial charge in [-0.3, -0.25) is 9.13 Å². The fourth-order valence-electron chi connectivity index (χ4n) is 12.3. The molecule has 0 atom stereocenters. The van der Waals surface area contributed by atoms with E-state index in [2.05, 4.69) is 253 Å². The number of hydrogen-bond donors (Lipinski definition) is 2. The van der Waals surface area contributed by atoms with E-state index >= 15 is 0 Å². The molecule has 0 unspecified atom stereocenters. The summed E-state index contributed by atoms with van der Waals surface area (Å²) in [4.78, 5) is 16.5. The second kappa shape index (κ2) is 17.2. The summed E-state index contributed by atoms with van der Waals surface area (Å²) in [5, 5.41) is 14.9. The Bertz CT molecular complexity index is 4800. The van der Waals surface area contributed by atoms with Gasteiger partial charge < -0.3 is 11.1 Å². The Kier molecular flexibility index (Phi) is 9.93. The van der Waals surface area contributed by atoms with Crippen molar-refractivity contribution in [2.24, 2.45) is 10.7 Å². The van der Waals surface area contributed by atoms with Gasteiger partial charge in [-0.05, 0) is 110 Å². The van der Waals surface area contributed by atoms with Crippen molar-refractivity contribution in [2.45, 2.75) is 19.3 Å². The first-order valence-electron chi connectivity index (χ1n) is 26.2. The van der Waals surface area contributed by atoms with Crippen LogP contribution in [0.3, 0.4) is 0 Å². The molecule has 1 aliphatic carbocycles. The lowest BCUT2D eigenvalue weighted by molar-refractivity contribution is 0.696. The van der Waals surface area contributed by atoms with Crippen LogP contribution in [0.1, 0.15) is 30.7 Å². The molecule has 7 nitrogen and oxygen atoms in total. The molecule has 0 amide bonds. The minimum absolute atomic E-state index is 0.342. The monoisotopic (exact) mass is 987 g/mol. The van der Waals surface area contributed by atoms with Gasteiger partial charge in [-0.1, -0.05) is 196 Å². The molecule has 3 heterocycles. The molecule has 7 heteroatoms.